The molecule has 4 N–H and O–H groups in total. The molecule has 0 aromatic rings. The maximum absolute atomic E-state index is 11.2. The number of phosphoric ester groups is 2. The Labute approximate surface area is 107 Å². The van der Waals surface area contributed by atoms with Crippen LogP contribution in [-0.4, -0.2) is 50.9 Å². The lowest BCUT2D eigenvalue weighted by Gasteiger charge is -2.19. The highest BCUT2D eigenvalue weighted by molar-refractivity contribution is 7.47. The maximum atomic E-state index is 11.2. The summed E-state index contributed by atoms with van der Waals surface area (Å²) in [5, 5.41) is 8.75. The van der Waals surface area contributed by atoms with Gasteiger partial charge in [-0.05, 0) is 6.92 Å². The molecular formula is C6H12O11P2. The molecule has 0 rings (SSSR count). The summed E-state index contributed by atoms with van der Waals surface area (Å²) < 4.78 is 33.7. The van der Waals surface area contributed by atoms with Crippen molar-refractivity contribution in [3.8, 4) is 0 Å². The van der Waals surface area contributed by atoms with Crippen LogP contribution in [0.4, 0.5) is 0 Å². The summed E-state index contributed by atoms with van der Waals surface area (Å²) in [6.07, 6.45) is -4.04. The molecule has 112 valence electrons. The first-order chi connectivity index (χ1) is 8.47. The number of Topliss-reactive ketones (excluding diaryl/α,β-unsaturated/α-hetero) is 1. The Morgan fingerprint density at radius 1 is 1.26 bits per heavy atom. The molecule has 3 unspecified atom stereocenters. The van der Waals surface area contributed by atoms with Gasteiger partial charge in [0.15, 0.2) is 12.1 Å². The van der Waals surface area contributed by atoms with E-state index in [-0.39, 0.29) is 6.29 Å². The summed E-state index contributed by atoms with van der Waals surface area (Å²) in [5.74, 6) is -1.11. The number of aldehydes is 1. The average Bonchev–Trinajstić information content (AvgIpc) is 2.22. The van der Waals surface area contributed by atoms with Gasteiger partial charge in [0.2, 0.25) is 6.29 Å². The summed E-state index contributed by atoms with van der Waals surface area (Å²) in [7, 11) is -10.1. The molecule has 19 heavy (non-hydrogen) atoms. The highest BCUT2D eigenvalue weighted by Gasteiger charge is 2.35. The van der Waals surface area contributed by atoms with E-state index in [1.165, 1.54) is 0 Å². The van der Waals surface area contributed by atoms with Crippen LogP contribution in [0.5, 0.6) is 0 Å². The topological polar surface area (TPSA) is 177 Å². The van der Waals surface area contributed by atoms with Crippen LogP contribution in [0.25, 0.3) is 0 Å². The summed E-state index contributed by atoms with van der Waals surface area (Å²) in [6, 6.07) is 0. The third-order valence-corrected chi connectivity index (χ3v) is 2.76. The van der Waals surface area contributed by atoms with Crippen LogP contribution in [0.1, 0.15) is 6.92 Å². The van der Waals surface area contributed by atoms with Crippen LogP contribution in [0.15, 0.2) is 0 Å². The molecule has 0 spiro atoms. The van der Waals surface area contributed by atoms with Crippen LogP contribution in [0, 0.1) is 0 Å². The molecule has 0 radical (unpaired) electrons. The van der Waals surface area contributed by atoms with Crippen molar-refractivity contribution >= 4 is 27.7 Å². The molecule has 0 bridgehead atoms. The van der Waals surface area contributed by atoms with E-state index < -0.39 is 40.4 Å². The number of phosphoric acid groups is 2. The zero-order valence-electron chi connectivity index (χ0n) is 9.48. The maximum Gasteiger partial charge on any atom is 0.475 e. The first-order valence-electron chi connectivity index (χ1n) is 4.50. The molecule has 0 aromatic carbocycles. The van der Waals surface area contributed by atoms with E-state index in [4.69, 9.17) is 19.8 Å². The number of rotatable bonds is 9. The van der Waals surface area contributed by atoms with Gasteiger partial charge in [0.25, 0.3) is 0 Å². The normalized spacial score (nSPS) is 18.4. The van der Waals surface area contributed by atoms with Crippen molar-refractivity contribution < 1.29 is 52.1 Å². The van der Waals surface area contributed by atoms with E-state index in [1.54, 1.807) is 0 Å². The van der Waals surface area contributed by atoms with Gasteiger partial charge in [-0.25, -0.2) is 18.2 Å². The molecule has 0 aromatic heterocycles. The van der Waals surface area contributed by atoms with E-state index in [0.29, 0.717) is 0 Å². The van der Waals surface area contributed by atoms with E-state index in [9.17, 15) is 18.7 Å². The molecule has 13 heteroatoms. The van der Waals surface area contributed by atoms with Gasteiger partial charge in [-0.1, -0.05) is 0 Å². The summed E-state index contributed by atoms with van der Waals surface area (Å²) in [5.41, 5.74) is 0. The van der Waals surface area contributed by atoms with Crippen molar-refractivity contribution in [3.63, 3.8) is 0 Å². The Bertz CT molecular complexity index is 413. The molecular weight excluding hydrogens is 310 g/mol. The lowest BCUT2D eigenvalue weighted by Crippen LogP contribution is -2.24. The monoisotopic (exact) mass is 322 g/mol. The Morgan fingerprint density at radius 3 is 2.16 bits per heavy atom. The summed E-state index contributed by atoms with van der Waals surface area (Å²) in [4.78, 5) is 46.9. The second-order valence-electron chi connectivity index (χ2n) is 3.11. The molecule has 0 saturated heterocycles. The minimum atomic E-state index is -5.14. The molecule has 0 heterocycles. The largest absolute Gasteiger partial charge is 0.475 e. The van der Waals surface area contributed by atoms with E-state index in [2.05, 4.69) is 13.6 Å². The summed E-state index contributed by atoms with van der Waals surface area (Å²) in [6.45, 7) is -0.140. The van der Waals surface area contributed by atoms with Crippen molar-refractivity contribution in [2.24, 2.45) is 0 Å². The SMILES string of the molecule is CC(=O)C(OP(=O)(O)O)OP(=O)(O)OCC(O)C=O. The first-order valence-corrected chi connectivity index (χ1v) is 7.53. The van der Waals surface area contributed by atoms with Gasteiger partial charge in [0.05, 0.1) is 6.61 Å². The fourth-order valence-corrected chi connectivity index (χ4v) is 2.00. The number of hydrogen-bond donors (Lipinski definition) is 4. The van der Waals surface area contributed by atoms with Gasteiger partial charge in [0.1, 0.15) is 6.10 Å². The van der Waals surface area contributed by atoms with Crippen LogP contribution in [0.2, 0.25) is 0 Å². The minimum Gasteiger partial charge on any atom is -0.383 e. The Hall–Kier alpha value is -0.480. The second-order valence-corrected chi connectivity index (χ2v) is 5.71. The number of carbonyl (C=O) groups is 2. The highest BCUT2D eigenvalue weighted by atomic mass is 31.2. The van der Waals surface area contributed by atoms with Gasteiger partial charge in [-0.15, -0.1) is 0 Å². The highest BCUT2D eigenvalue weighted by Crippen LogP contribution is 2.48. The molecule has 0 aliphatic rings. The van der Waals surface area contributed by atoms with Crippen LogP contribution >= 0.6 is 15.6 Å². The number of ketones is 1. The molecule has 0 aliphatic carbocycles. The third-order valence-electron chi connectivity index (χ3n) is 1.36. The van der Waals surface area contributed by atoms with Crippen molar-refractivity contribution in [2.45, 2.75) is 19.3 Å². The van der Waals surface area contributed by atoms with Crippen molar-refractivity contribution in [3.05, 3.63) is 0 Å². The van der Waals surface area contributed by atoms with Gasteiger partial charge in [0, 0.05) is 0 Å². The smallest absolute Gasteiger partial charge is 0.383 e. The number of aliphatic hydroxyl groups is 1. The third kappa shape index (κ3) is 9.11. The van der Waals surface area contributed by atoms with Crippen LogP contribution in [0.3, 0.4) is 0 Å². The van der Waals surface area contributed by atoms with Gasteiger partial charge in [-0.3, -0.25) is 9.32 Å². The van der Waals surface area contributed by atoms with Gasteiger partial charge < -0.3 is 24.6 Å². The predicted molar refractivity (Wildman–Crippen MR) is 56.5 cm³/mol. The van der Waals surface area contributed by atoms with Crippen LogP contribution in [-0.2, 0) is 32.3 Å². The lowest BCUT2D eigenvalue weighted by molar-refractivity contribution is -0.140. The number of hydrogen-bond acceptors (Lipinski definition) is 8. The van der Waals surface area contributed by atoms with Crippen molar-refractivity contribution in [1.29, 1.82) is 0 Å². The van der Waals surface area contributed by atoms with E-state index in [1.807, 2.05) is 0 Å². The summed E-state index contributed by atoms with van der Waals surface area (Å²) >= 11 is 0. The molecule has 11 nitrogen and oxygen atoms in total. The molecule has 0 aliphatic heterocycles. The first kappa shape index (κ1) is 18.5. The minimum absolute atomic E-state index is 0.00853. The van der Waals surface area contributed by atoms with Crippen molar-refractivity contribution in [2.75, 3.05) is 6.61 Å². The fourth-order valence-electron chi connectivity index (χ4n) is 0.654. The Kier molecular flexibility index (Phi) is 7.16. The fraction of sp³-hybridized carbons (Fsp3) is 0.667. The quantitative estimate of drug-likeness (QED) is 0.225. The number of carbonyl (C=O) groups excluding carboxylic acids is 2. The van der Waals surface area contributed by atoms with E-state index >= 15 is 0 Å². The average molecular weight is 322 g/mol. The number of aliphatic hydroxyl groups excluding tert-OH is 1. The van der Waals surface area contributed by atoms with E-state index in [0.717, 1.165) is 6.92 Å². The predicted octanol–water partition coefficient (Wildman–Crippen LogP) is -1.30. The Balaban J connectivity index is 4.65. The zero-order valence-corrected chi connectivity index (χ0v) is 11.3. The Morgan fingerprint density at radius 2 is 1.79 bits per heavy atom. The molecule has 0 saturated carbocycles. The second kappa shape index (κ2) is 7.34. The molecule has 3 atom stereocenters. The standard InChI is InChI=1S/C6H12O11P2/c1-4(8)6(16-18(10,11)12)17-19(13,14)15-3-5(9)2-7/h2,5-6,9H,3H2,1H3,(H,13,14)(H2,10,11,12). The zero-order chi connectivity index (χ0) is 15.3. The lowest BCUT2D eigenvalue weighted by atomic mass is 10.4. The van der Waals surface area contributed by atoms with Crippen LogP contribution < -0.4 is 0 Å². The van der Waals surface area contributed by atoms with Gasteiger partial charge >= 0.3 is 15.6 Å². The van der Waals surface area contributed by atoms with Crippen molar-refractivity contribution in [1.82, 2.24) is 0 Å². The molecule has 0 fully saturated rings. The van der Waals surface area contributed by atoms with Gasteiger partial charge in [-0.2, -0.15) is 0 Å². The molecule has 0 amide bonds.